The summed E-state index contributed by atoms with van der Waals surface area (Å²) in [6, 6.07) is 9.64. The Morgan fingerprint density at radius 1 is 1.20 bits per heavy atom. The largest absolute Gasteiger partial charge is 0.352 e. The van der Waals surface area contributed by atoms with Crippen LogP contribution in [-0.4, -0.2) is 35.3 Å². The third-order valence-electron chi connectivity index (χ3n) is 2.87. The minimum atomic E-state index is -0.248. The number of aromatic nitrogens is 1. The van der Waals surface area contributed by atoms with Crippen molar-refractivity contribution in [2.24, 2.45) is 0 Å². The van der Waals surface area contributed by atoms with Crippen molar-refractivity contribution in [2.75, 3.05) is 7.11 Å². The van der Waals surface area contributed by atoms with Gasteiger partial charge in [-0.05, 0) is 12.1 Å². The van der Waals surface area contributed by atoms with Crippen LogP contribution < -0.4 is 0 Å². The molecule has 20 heavy (non-hydrogen) atoms. The number of hydrogen-bond donors (Lipinski definition) is 1. The normalized spacial score (nSPS) is 14.3. The lowest BCUT2D eigenvalue weighted by Gasteiger charge is -2.07. The van der Waals surface area contributed by atoms with Crippen LogP contribution >= 0.6 is 0 Å². The van der Waals surface area contributed by atoms with Crippen LogP contribution in [0.15, 0.2) is 30.3 Å². The molecule has 104 valence electrons. The fourth-order valence-electron chi connectivity index (χ4n) is 1.92. The third-order valence-corrected chi connectivity index (χ3v) is 2.87. The Kier molecular flexibility index (Phi) is 4.27. The van der Waals surface area contributed by atoms with Gasteiger partial charge >= 0.3 is 0 Å². The molecule has 1 aromatic heterocycles. The average molecular weight is 274 g/mol. The summed E-state index contributed by atoms with van der Waals surface area (Å²) in [5.74, 6) is -0.495. The van der Waals surface area contributed by atoms with Gasteiger partial charge in [0.1, 0.15) is 0 Å². The zero-order valence-corrected chi connectivity index (χ0v) is 11.0. The van der Waals surface area contributed by atoms with Gasteiger partial charge in [0.2, 0.25) is 0 Å². The van der Waals surface area contributed by atoms with Crippen LogP contribution in [-0.2, 0) is 14.4 Å². The number of para-hydroxylation sites is 1. The van der Waals surface area contributed by atoms with Crippen molar-refractivity contribution in [3.8, 4) is 0 Å². The first-order valence-electron chi connectivity index (χ1n) is 6.08. The molecule has 6 heteroatoms. The van der Waals surface area contributed by atoms with Crippen LogP contribution in [0.1, 0.15) is 23.3 Å². The lowest BCUT2D eigenvalue weighted by Crippen LogP contribution is -2.27. The number of hydroxylamine groups is 2. The molecule has 0 radical (unpaired) electrons. The summed E-state index contributed by atoms with van der Waals surface area (Å²) in [6.45, 7) is 0. The Labute approximate surface area is 115 Å². The van der Waals surface area contributed by atoms with Gasteiger partial charge in [-0.3, -0.25) is 19.2 Å². The number of hydrogen-bond acceptors (Lipinski definition) is 4. The second kappa shape index (κ2) is 6.12. The Morgan fingerprint density at radius 3 is 2.35 bits per heavy atom. The Morgan fingerprint density at radius 2 is 1.85 bits per heavy atom. The number of aromatic amines is 1. The maximum absolute atomic E-state index is 10.6. The highest BCUT2D eigenvalue weighted by Crippen LogP contribution is 2.12. The number of nitrogens with zero attached hydrogens (tertiary/aromatic N) is 1. The predicted octanol–water partition coefficient (Wildman–Crippen LogP) is 1.68. The molecule has 0 spiro atoms. The smallest absolute Gasteiger partial charge is 0.253 e. The van der Waals surface area contributed by atoms with Crippen molar-refractivity contribution in [3.05, 3.63) is 36.0 Å². The molecule has 1 aliphatic rings. The molecule has 3 rings (SSSR count). The first kappa shape index (κ1) is 14.0. The molecule has 2 amide bonds. The van der Waals surface area contributed by atoms with Gasteiger partial charge in [0, 0.05) is 23.7 Å². The molecule has 0 atom stereocenters. The minimum absolute atomic E-state index is 0.248. The first-order chi connectivity index (χ1) is 9.65. The van der Waals surface area contributed by atoms with E-state index in [0.29, 0.717) is 5.69 Å². The van der Waals surface area contributed by atoms with Crippen molar-refractivity contribution in [1.29, 1.82) is 0 Å². The van der Waals surface area contributed by atoms with E-state index in [1.807, 2.05) is 30.3 Å². The summed E-state index contributed by atoms with van der Waals surface area (Å²) in [5.41, 5.74) is 1.64. The summed E-state index contributed by atoms with van der Waals surface area (Å²) in [7, 11) is 1.31. The molecule has 1 fully saturated rings. The molecule has 0 saturated carbocycles. The summed E-state index contributed by atoms with van der Waals surface area (Å²) in [5, 5.41) is 1.87. The van der Waals surface area contributed by atoms with Crippen molar-refractivity contribution in [3.63, 3.8) is 0 Å². The van der Waals surface area contributed by atoms with Crippen LogP contribution in [0, 0.1) is 0 Å². The van der Waals surface area contributed by atoms with Gasteiger partial charge in [0.05, 0.1) is 12.8 Å². The standard InChI is InChI=1S/C9H7NO.C5H7NO3/c11-6-8-5-7-3-1-2-4-9(7)10-8;1-9-6-4(7)2-3-5(6)8/h1-6,10H;2-3H2,1H3. The number of amides is 2. The Balaban J connectivity index is 0.000000151. The van der Waals surface area contributed by atoms with E-state index in [9.17, 15) is 14.4 Å². The third kappa shape index (κ3) is 2.92. The molecule has 1 aromatic carbocycles. The molecular formula is C14H14N2O4. The number of rotatable bonds is 2. The molecule has 0 aliphatic carbocycles. The SMILES string of the molecule is CON1C(=O)CCC1=O.O=Cc1cc2ccccc2[nH]1. The van der Waals surface area contributed by atoms with Crippen molar-refractivity contribution < 1.29 is 19.2 Å². The van der Waals surface area contributed by atoms with E-state index in [2.05, 4.69) is 9.82 Å². The predicted molar refractivity (Wildman–Crippen MR) is 71.8 cm³/mol. The zero-order valence-electron chi connectivity index (χ0n) is 11.0. The van der Waals surface area contributed by atoms with Crippen LogP contribution in [0.4, 0.5) is 0 Å². The maximum atomic E-state index is 10.6. The monoisotopic (exact) mass is 274 g/mol. The zero-order chi connectivity index (χ0) is 14.5. The summed E-state index contributed by atoms with van der Waals surface area (Å²) < 4.78 is 0. The number of H-pyrrole nitrogens is 1. The van der Waals surface area contributed by atoms with Crippen LogP contribution in [0.25, 0.3) is 10.9 Å². The molecule has 0 unspecified atom stereocenters. The van der Waals surface area contributed by atoms with Gasteiger partial charge in [-0.1, -0.05) is 18.2 Å². The number of aldehydes is 1. The maximum Gasteiger partial charge on any atom is 0.253 e. The fourth-order valence-corrected chi connectivity index (χ4v) is 1.92. The summed E-state index contributed by atoms with van der Waals surface area (Å²) in [4.78, 5) is 39.0. The van der Waals surface area contributed by atoms with E-state index in [-0.39, 0.29) is 24.7 Å². The van der Waals surface area contributed by atoms with E-state index in [1.54, 1.807) is 0 Å². The quantitative estimate of drug-likeness (QED) is 0.667. The summed E-state index contributed by atoms with van der Waals surface area (Å²) >= 11 is 0. The Hall–Kier alpha value is -2.47. The molecule has 1 saturated heterocycles. The van der Waals surface area contributed by atoms with Crippen molar-refractivity contribution >= 4 is 29.0 Å². The highest BCUT2D eigenvalue weighted by Gasteiger charge is 2.28. The number of benzene rings is 1. The van der Waals surface area contributed by atoms with E-state index in [1.165, 1.54) is 7.11 Å². The van der Waals surface area contributed by atoms with E-state index < -0.39 is 0 Å². The highest BCUT2D eigenvalue weighted by atomic mass is 16.7. The van der Waals surface area contributed by atoms with Crippen molar-refractivity contribution in [1.82, 2.24) is 10.0 Å². The average Bonchev–Trinajstić information content (AvgIpc) is 3.02. The molecule has 2 aromatic rings. The molecule has 0 bridgehead atoms. The van der Waals surface area contributed by atoms with Gasteiger partial charge in [-0.15, -0.1) is 0 Å². The number of nitrogens with one attached hydrogen (secondary N) is 1. The van der Waals surface area contributed by atoms with Gasteiger partial charge < -0.3 is 4.98 Å². The number of imide groups is 1. The number of fused-ring (bicyclic) bond motifs is 1. The fraction of sp³-hybridized carbons (Fsp3) is 0.214. The molecule has 1 aliphatic heterocycles. The second-order valence-corrected chi connectivity index (χ2v) is 4.19. The van der Waals surface area contributed by atoms with E-state index >= 15 is 0 Å². The number of carbonyl (C=O) groups excluding carboxylic acids is 3. The van der Waals surface area contributed by atoms with Crippen LogP contribution in [0.2, 0.25) is 0 Å². The van der Waals surface area contributed by atoms with Gasteiger partial charge in [-0.2, -0.15) is 5.06 Å². The van der Waals surface area contributed by atoms with Crippen LogP contribution in [0.3, 0.4) is 0 Å². The van der Waals surface area contributed by atoms with Gasteiger partial charge in [0.15, 0.2) is 6.29 Å². The van der Waals surface area contributed by atoms with Gasteiger partial charge in [-0.25, -0.2) is 0 Å². The van der Waals surface area contributed by atoms with E-state index in [0.717, 1.165) is 22.3 Å². The molecule has 1 N–H and O–H groups in total. The van der Waals surface area contributed by atoms with E-state index in [4.69, 9.17) is 0 Å². The molecular weight excluding hydrogens is 260 g/mol. The lowest BCUT2D eigenvalue weighted by molar-refractivity contribution is -0.179. The van der Waals surface area contributed by atoms with Gasteiger partial charge in [0.25, 0.3) is 11.8 Å². The second-order valence-electron chi connectivity index (χ2n) is 4.19. The Bertz CT molecular complexity index is 598. The highest BCUT2D eigenvalue weighted by molar-refractivity contribution is 6.00. The van der Waals surface area contributed by atoms with Crippen molar-refractivity contribution in [2.45, 2.75) is 12.8 Å². The van der Waals surface area contributed by atoms with Crippen LogP contribution in [0.5, 0.6) is 0 Å². The first-order valence-corrected chi connectivity index (χ1v) is 6.08. The topological polar surface area (TPSA) is 79.5 Å². The molecule has 2 heterocycles. The molecule has 6 nitrogen and oxygen atoms in total. The number of carbonyl (C=O) groups is 3. The summed E-state index contributed by atoms with van der Waals surface area (Å²) in [6.07, 6.45) is 1.39. The lowest BCUT2D eigenvalue weighted by atomic mass is 10.2. The minimum Gasteiger partial charge on any atom is -0.352 e.